The Morgan fingerprint density at radius 1 is 1.31 bits per heavy atom. The summed E-state index contributed by atoms with van der Waals surface area (Å²) < 4.78 is 0. The molecule has 0 bridgehead atoms. The summed E-state index contributed by atoms with van der Waals surface area (Å²) in [5.74, 6) is -1.47. The number of carbonyl (C=O) groups excluding carboxylic acids is 1. The minimum atomic E-state index is -1.23. The second kappa shape index (κ2) is 7.19. The van der Waals surface area contributed by atoms with Gasteiger partial charge in [-0.2, -0.15) is 0 Å². The molecule has 0 aliphatic rings. The van der Waals surface area contributed by atoms with Crippen LogP contribution in [-0.2, 0) is 9.59 Å². The average molecular weight is 232 g/mol. The van der Waals surface area contributed by atoms with E-state index in [4.69, 9.17) is 5.11 Å². The lowest BCUT2D eigenvalue weighted by atomic mass is 9.99. The molecule has 0 heterocycles. The summed E-state index contributed by atoms with van der Waals surface area (Å²) in [7, 11) is 1.65. The van der Waals surface area contributed by atoms with Crippen LogP contribution in [0.5, 0.6) is 0 Å². The number of carboxylic acids is 1. The number of aliphatic hydroxyl groups excluding tert-OH is 1. The van der Waals surface area contributed by atoms with Crippen molar-refractivity contribution in [1.82, 2.24) is 10.6 Å². The average Bonchev–Trinajstić information content (AvgIpc) is 2.21. The Labute approximate surface area is 95.0 Å². The molecule has 0 radical (unpaired) electrons. The number of rotatable bonds is 7. The van der Waals surface area contributed by atoms with Crippen LogP contribution in [0.3, 0.4) is 0 Å². The summed E-state index contributed by atoms with van der Waals surface area (Å²) in [6, 6.07) is -0.367. The van der Waals surface area contributed by atoms with Crippen molar-refractivity contribution in [2.45, 2.75) is 32.4 Å². The number of nitrogens with one attached hydrogen (secondary N) is 2. The highest BCUT2D eigenvalue weighted by Crippen LogP contribution is 2.08. The molecule has 6 nitrogen and oxygen atoms in total. The van der Waals surface area contributed by atoms with Gasteiger partial charge in [-0.1, -0.05) is 13.8 Å². The Morgan fingerprint density at radius 2 is 1.88 bits per heavy atom. The molecule has 0 aromatic rings. The van der Waals surface area contributed by atoms with Crippen molar-refractivity contribution in [2.24, 2.45) is 5.92 Å². The van der Waals surface area contributed by atoms with Crippen molar-refractivity contribution >= 4 is 11.9 Å². The highest BCUT2D eigenvalue weighted by molar-refractivity contribution is 5.84. The van der Waals surface area contributed by atoms with Crippen LogP contribution in [0.1, 0.15) is 20.3 Å². The van der Waals surface area contributed by atoms with Crippen LogP contribution in [0.2, 0.25) is 0 Å². The largest absolute Gasteiger partial charge is 0.480 e. The number of amides is 1. The van der Waals surface area contributed by atoms with Gasteiger partial charge in [-0.3, -0.25) is 9.59 Å². The summed E-state index contributed by atoms with van der Waals surface area (Å²) >= 11 is 0. The van der Waals surface area contributed by atoms with Crippen LogP contribution < -0.4 is 10.6 Å². The molecule has 6 heteroatoms. The first-order valence-corrected chi connectivity index (χ1v) is 5.23. The van der Waals surface area contributed by atoms with E-state index in [0.29, 0.717) is 12.3 Å². The number of carboxylic acid groups (broad SMARTS) is 1. The van der Waals surface area contributed by atoms with Gasteiger partial charge < -0.3 is 20.8 Å². The molecule has 0 aliphatic carbocycles. The van der Waals surface area contributed by atoms with E-state index in [1.54, 1.807) is 7.05 Å². The summed E-state index contributed by atoms with van der Waals surface area (Å²) in [6.07, 6.45) is -0.593. The molecule has 4 N–H and O–H groups in total. The minimum absolute atomic E-state index is 0.333. The minimum Gasteiger partial charge on any atom is -0.480 e. The maximum absolute atomic E-state index is 11.4. The molecule has 0 rings (SSSR count). The van der Waals surface area contributed by atoms with Gasteiger partial charge in [0.2, 0.25) is 0 Å². The van der Waals surface area contributed by atoms with E-state index < -0.39 is 24.5 Å². The zero-order valence-electron chi connectivity index (χ0n) is 9.86. The van der Waals surface area contributed by atoms with Crippen LogP contribution in [0.4, 0.5) is 0 Å². The summed E-state index contributed by atoms with van der Waals surface area (Å²) in [6.45, 7) is 3.48. The van der Waals surface area contributed by atoms with E-state index in [1.165, 1.54) is 0 Å². The zero-order valence-corrected chi connectivity index (χ0v) is 9.86. The number of aliphatic hydroxyl groups is 1. The van der Waals surface area contributed by atoms with Gasteiger partial charge >= 0.3 is 5.97 Å². The Balaban J connectivity index is 4.21. The lowest BCUT2D eigenvalue weighted by Crippen LogP contribution is -2.49. The lowest BCUT2D eigenvalue weighted by molar-refractivity contribution is -0.140. The maximum Gasteiger partial charge on any atom is 0.322 e. The predicted octanol–water partition coefficient (Wildman–Crippen LogP) is -0.818. The summed E-state index contributed by atoms with van der Waals surface area (Å²) in [5.41, 5.74) is 0. The van der Waals surface area contributed by atoms with Crippen molar-refractivity contribution in [3.05, 3.63) is 0 Å². The molecule has 0 saturated carbocycles. The molecule has 1 amide bonds. The highest BCUT2D eigenvalue weighted by Gasteiger charge is 2.25. The van der Waals surface area contributed by atoms with E-state index >= 15 is 0 Å². The molecular formula is C10H20N2O4. The molecule has 0 aromatic heterocycles. The normalized spacial score (nSPS) is 14.6. The molecule has 0 aliphatic heterocycles. The number of hydrogen-bond acceptors (Lipinski definition) is 4. The number of hydrogen-bond donors (Lipinski definition) is 4. The van der Waals surface area contributed by atoms with Gasteiger partial charge in [0, 0.05) is 6.04 Å². The maximum atomic E-state index is 11.4. The third-order valence-electron chi connectivity index (χ3n) is 2.16. The van der Waals surface area contributed by atoms with Gasteiger partial charge in [-0.25, -0.2) is 0 Å². The van der Waals surface area contributed by atoms with Gasteiger partial charge in [0.1, 0.15) is 12.6 Å². The number of likely N-dealkylation sites (N-methyl/N-ethyl adjacent to an activating group) is 1. The molecule has 0 saturated heterocycles. The first-order valence-electron chi connectivity index (χ1n) is 5.23. The van der Waals surface area contributed by atoms with Gasteiger partial charge in [0.25, 0.3) is 5.91 Å². The molecule has 0 fully saturated rings. The fraction of sp³-hybridized carbons (Fsp3) is 0.800. The van der Waals surface area contributed by atoms with Gasteiger partial charge in [-0.15, -0.1) is 0 Å². The predicted molar refractivity (Wildman–Crippen MR) is 59.0 cm³/mol. The van der Waals surface area contributed by atoms with Crippen molar-refractivity contribution in [2.75, 3.05) is 13.6 Å². The van der Waals surface area contributed by atoms with Crippen LogP contribution in [0.15, 0.2) is 0 Å². The van der Waals surface area contributed by atoms with Crippen LogP contribution in [0, 0.1) is 5.92 Å². The number of carbonyl (C=O) groups is 2. The van der Waals surface area contributed by atoms with Crippen LogP contribution >= 0.6 is 0 Å². The van der Waals surface area contributed by atoms with Gasteiger partial charge in [0.05, 0.1) is 0 Å². The Morgan fingerprint density at radius 3 is 2.25 bits per heavy atom. The molecule has 16 heavy (non-hydrogen) atoms. The topological polar surface area (TPSA) is 98.7 Å². The molecule has 2 atom stereocenters. The third kappa shape index (κ3) is 5.67. The first-order chi connectivity index (χ1) is 7.38. The SMILES string of the molecule is CNC(CC(C)C)C(O)C(=O)NCC(=O)O. The first kappa shape index (κ1) is 14.9. The van der Waals surface area contributed by atoms with E-state index in [2.05, 4.69) is 10.6 Å². The Bertz CT molecular complexity index is 243. The lowest BCUT2D eigenvalue weighted by Gasteiger charge is -2.23. The van der Waals surface area contributed by atoms with Crippen molar-refractivity contribution < 1.29 is 19.8 Å². The quantitative estimate of drug-likeness (QED) is 0.460. The second-order valence-corrected chi connectivity index (χ2v) is 4.08. The highest BCUT2D eigenvalue weighted by atomic mass is 16.4. The summed E-state index contributed by atoms with van der Waals surface area (Å²) in [4.78, 5) is 21.6. The third-order valence-corrected chi connectivity index (χ3v) is 2.16. The smallest absolute Gasteiger partial charge is 0.322 e. The van der Waals surface area contributed by atoms with Crippen LogP contribution in [-0.4, -0.2) is 47.8 Å². The fourth-order valence-electron chi connectivity index (χ4n) is 1.36. The van der Waals surface area contributed by atoms with Crippen molar-refractivity contribution in [1.29, 1.82) is 0 Å². The Hall–Kier alpha value is -1.14. The molecule has 0 aromatic carbocycles. The van der Waals surface area contributed by atoms with E-state index in [0.717, 1.165) is 0 Å². The Kier molecular flexibility index (Phi) is 6.67. The van der Waals surface area contributed by atoms with Gasteiger partial charge in [0.15, 0.2) is 0 Å². The monoisotopic (exact) mass is 232 g/mol. The molecule has 0 spiro atoms. The second-order valence-electron chi connectivity index (χ2n) is 4.08. The van der Waals surface area contributed by atoms with Crippen molar-refractivity contribution in [3.8, 4) is 0 Å². The molecule has 2 unspecified atom stereocenters. The standard InChI is InChI=1S/C10H20N2O4/c1-6(2)4-7(11-3)9(15)10(16)12-5-8(13)14/h6-7,9,11,15H,4-5H2,1-3H3,(H,12,16)(H,13,14). The fourth-order valence-corrected chi connectivity index (χ4v) is 1.36. The van der Waals surface area contributed by atoms with Crippen molar-refractivity contribution in [3.63, 3.8) is 0 Å². The number of aliphatic carboxylic acids is 1. The van der Waals surface area contributed by atoms with Gasteiger partial charge in [-0.05, 0) is 19.4 Å². The van der Waals surface area contributed by atoms with E-state index in [-0.39, 0.29) is 6.04 Å². The van der Waals surface area contributed by atoms with Crippen LogP contribution in [0.25, 0.3) is 0 Å². The summed E-state index contributed by atoms with van der Waals surface area (Å²) in [5, 5.41) is 23.0. The molecular weight excluding hydrogens is 212 g/mol. The van der Waals surface area contributed by atoms with E-state index in [1.807, 2.05) is 13.8 Å². The molecule has 94 valence electrons. The zero-order chi connectivity index (χ0) is 12.7. The van der Waals surface area contributed by atoms with E-state index in [9.17, 15) is 14.7 Å².